The van der Waals surface area contributed by atoms with Gasteiger partial charge in [-0.05, 0) is 30.6 Å². The zero-order valence-corrected chi connectivity index (χ0v) is 15.9. The Labute approximate surface area is 165 Å². The van der Waals surface area contributed by atoms with Crippen molar-refractivity contribution >= 4 is 22.6 Å². The summed E-state index contributed by atoms with van der Waals surface area (Å²) in [5.74, 6) is 0.613. The lowest BCUT2D eigenvalue weighted by molar-refractivity contribution is 0.0110. The van der Waals surface area contributed by atoms with Crippen LogP contribution in [0, 0.1) is 18.3 Å². The topological polar surface area (TPSA) is 109 Å². The van der Waals surface area contributed by atoms with Crippen molar-refractivity contribution in [1.29, 1.82) is 5.26 Å². The first kappa shape index (κ1) is 18.1. The standard InChI is InChI=1S/C18H17N7O2S/c1-12-14(9-19)17(28-23-12)22-18(26)24-7-8-27-10-15(24)16-20-11-21-25(16)13-5-3-2-4-6-13/h2-6,11,15H,7-8,10H2,1H3,(H,22,26). The minimum absolute atomic E-state index is 0.311. The molecule has 0 saturated carbocycles. The highest BCUT2D eigenvalue weighted by molar-refractivity contribution is 7.10. The van der Waals surface area contributed by atoms with Crippen LogP contribution < -0.4 is 5.32 Å². The summed E-state index contributed by atoms with van der Waals surface area (Å²) in [5, 5.41) is 16.9. The van der Waals surface area contributed by atoms with Crippen LogP contribution in [0.1, 0.15) is 23.1 Å². The summed E-state index contributed by atoms with van der Waals surface area (Å²) >= 11 is 1.10. The molecule has 0 bridgehead atoms. The largest absolute Gasteiger partial charge is 0.377 e. The maximum Gasteiger partial charge on any atom is 0.323 e. The van der Waals surface area contributed by atoms with Gasteiger partial charge in [0.25, 0.3) is 0 Å². The summed E-state index contributed by atoms with van der Waals surface area (Å²) in [5.41, 5.74) is 1.84. The Morgan fingerprint density at radius 1 is 1.39 bits per heavy atom. The molecule has 0 radical (unpaired) electrons. The summed E-state index contributed by atoms with van der Waals surface area (Å²) in [6.45, 7) is 2.88. The van der Waals surface area contributed by atoms with E-state index in [0.29, 0.717) is 41.8 Å². The molecule has 1 aliphatic rings. The van der Waals surface area contributed by atoms with Crippen LogP contribution in [0.3, 0.4) is 0 Å². The predicted octanol–water partition coefficient (Wildman–Crippen LogP) is 2.51. The van der Waals surface area contributed by atoms with Gasteiger partial charge in [0.05, 0.1) is 24.6 Å². The number of carbonyl (C=O) groups excluding carboxylic acids is 1. The van der Waals surface area contributed by atoms with Gasteiger partial charge in [-0.25, -0.2) is 14.5 Å². The van der Waals surface area contributed by atoms with E-state index in [1.54, 1.807) is 16.5 Å². The molecular weight excluding hydrogens is 378 g/mol. The molecule has 142 valence electrons. The number of anilines is 1. The zero-order valence-electron chi connectivity index (χ0n) is 15.1. The highest BCUT2D eigenvalue weighted by Gasteiger charge is 2.33. The number of aromatic nitrogens is 4. The van der Waals surface area contributed by atoms with Crippen LogP contribution in [0.25, 0.3) is 5.69 Å². The fourth-order valence-electron chi connectivity index (χ4n) is 3.06. The lowest BCUT2D eigenvalue weighted by Crippen LogP contribution is -2.46. The second-order valence-electron chi connectivity index (χ2n) is 6.16. The Balaban J connectivity index is 1.62. The lowest BCUT2D eigenvalue weighted by Gasteiger charge is -2.34. The zero-order chi connectivity index (χ0) is 19.5. The number of para-hydroxylation sites is 1. The van der Waals surface area contributed by atoms with Crippen LogP contribution in [0.2, 0.25) is 0 Å². The molecule has 1 fully saturated rings. The average molecular weight is 395 g/mol. The van der Waals surface area contributed by atoms with Crippen LogP contribution in [-0.2, 0) is 4.74 Å². The molecule has 28 heavy (non-hydrogen) atoms. The predicted molar refractivity (Wildman–Crippen MR) is 102 cm³/mol. The minimum Gasteiger partial charge on any atom is -0.377 e. The molecule has 4 rings (SSSR count). The average Bonchev–Trinajstić information content (AvgIpc) is 3.35. The molecule has 3 aromatic rings. The van der Waals surface area contributed by atoms with Crippen LogP contribution in [-0.4, -0.2) is 49.8 Å². The number of benzene rings is 1. The van der Waals surface area contributed by atoms with Crippen molar-refractivity contribution in [3.8, 4) is 11.8 Å². The van der Waals surface area contributed by atoms with Crippen molar-refractivity contribution in [3.05, 3.63) is 53.7 Å². The molecule has 2 aromatic heterocycles. The summed E-state index contributed by atoms with van der Waals surface area (Å²) in [4.78, 5) is 19.0. The summed E-state index contributed by atoms with van der Waals surface area (Å²) < 4.78 is 11.5. The highest BCUT2D eigenvalue weighted by atomic mass is 32.1. The molecule has 2 amide bonds. The van der Waals surface area contributed by atoms with E-state index in [2.05, 4.69) is 25.8 Å². The van der Waals surface area contributed by atoms with Crippen LogP contribution >= 0.6 is 11.5 Å². The Bertz CT molecular complexity index is 1020. The number of hydrogen-bond donors (Lipinski definition) is 1. The van der Waals surface area contributed by atoms with Crippen molar-refractivity contribution in [2.75, 3.05) is 25.1 Å². The van der Waals surface area contributed by atoms with Gasteiger partial charge in [0.1, 0.15) is 29.0 Å². The third-order valence-corrected chi connectivity index (χ3v) is 5.31. The van der Waals surface area contributed by atoms with Crippen LogP contribution in [0.15, 0.2) is 36.7 Å². The quantitative estimate of drug-likeness (QED) is 0.730. The number of hydrogen-bond acceptors (Lipinski definition) is 7. The van der Waals surface area contributed by atoms with Crippen molar-refractivity contribution in [2.24, 2.45) is 0 Å². The van der Waals surface area contributed by atoms with Crippen molar-refractivity contribution in [3.63, 3.8) is 0 Å². The lowest BCUT2D eigenvalue weighted by atomic mass is 10.2. The van der Waals surface area contributed by atoms with Crippen molar-refractivity contribution in [2.45, 2.75) is 13.0 Å². The molecule has 0 spiro atoms. The van der Waals surface area contributed by atoms with Gasteiger partial charge in [0, 0.05) is 6.54 Å². The first-order valence-corrected chi connectivity index (χ1v) is 9.43. The summed E-state index contributed by atoms with van der Waals surface area (Å²) in [7, 11) is 0. The van der Waals surface area contributed by atoms with E-state index < -0.39 is 6.04 Å². The minimum atomic E-state index is -0.406. The molecule has 1 aromatic carbocycles. The molecule has 1 saturated heterocycles. The van der Waals surface area contributed by atoms with Gasteiger partial charge in [0.2, 0.25) is 0 Å². The molecule has 1 N–H and O–H groups in total. The van der Waals surface area contributed by atoms with Gasteiger partial charge < -0.3 is 9.64 Å². The maximum absolute atomic E-state index is 13.0. The third kappa shape index (κ3) is 3.33. The highest BCUT2D eigenvalue weighted by Crippen LogP contribution is 2.28. The number of amides is 2. The molecule has 9 nitrogen and oxygen atoms in total. The van der Waals surface area contributed by atoms with Gasteiger partial charge in [-0.2, -0.15) is 14.7 Å². The molecule has 1 unspecified atom stereocenters. The Kier molecular flexibility index (Phi) is 5.01. The van der Waals surface area contributed by atoms with E-state index in [0.717, 1.165) is 17.2 Å². The summed E-state index contributed by atoms with van der Waals surface area (Å²) in [6, 6.07) is 11.0. The molecular formula is C18H17N7O2S. The number of carbonyl (C=O) groups is 1. The van der Waals surface area contributed by atoms with E-state index in [4.69, 9.17) is 4.74 Å². The molecule has 1 atom stereocenters. The second-order valence-corrected chi connectivity index (χ2v) is 6.94. The number of morpholine rings is 1. The summed E-state index contributed by atoms with van der Waals surface area (Å²) in [6.07, 6.45) is 1.47. The Morgan fingerprint density at radius 2 is 2.21 bits per heavy atom. The van der Waals surface area contributed by atoms with Gasteiger partial charge in [0.15, 0.2) is 5.82 Å². The molecule has 1 aliphatic heterocycles. The second kappa shape index (κ2) is 7.75. The van der Waals surface area contributed by atoms with Gasteiger partial charge in [-0.1, -0.05) is 18.2 Å². The van der Waals surface area contributed by atoms with Gasteiger partial charge in [-0.15, -0.1) is 0 Å². The van der Waals surface area contributed by atoms with Crippen LogP contribution in [0.4, 0.5) is 9.80 Å². The maximum atomic E-state index is 13.0. The first-order valence-electron chi connectivity index (χ1n) is 8.66. The Hall–Kier alpha value is -3.29. The van der Waals surface area contributed by atoms with E-state index in [-0.39, 0.29) is 6.03 Å². The molecule has 0 aliphatic carbocycles. The van der Waals surface area contributed by atoms with E-state index >= 15 is 0 Å². The SMILES string of the molecule is Cc1nsc(NC(=O)N2CCOCC2c2ncnn2-c2ccccc2)c1C#N. The molecule has 10 heteroatoms. The third-order valence-electron chi connectivity index (χ3n) is 4.46. The molecule has 3 heterocycles. The number of urea groups is 1. The number of aryl methyl sites for hydroxylation is 1. The van der Waals surface area contributed by atoms with Gasteiger partial charge >= 0.3 is 6.03 Å². The number of nitrogens with one attached hydrogen (secondary N) is 1. The Morgan fingerprint density at radius 3 is 3.00 bits per heavy atom. The number of nitrogens with zero attached hydrogens (tertiary/aromatic N) is 6. The van der Waals surface area contributed by atoms with E-state index in [9.17, 15) is 10.1 Å². The number of nitriles is 1. The normalized spacial score (nSPS) is 16.6. The van der Waals surface area contributed by atoms with Crippen molar-refractivity contribution < 1.29 is 9.53 Å². The van der Waals surface area contributed by atoms with E-state index in [1.165, 1.54) is 6.33 Å². The van der Waals surface area contributed by atoms with Crippen LogP contribution in [0.5, 0.6) is 0 Å². The van der Waals surface area contributed by atoms with Crippen molar-refractivity contribution in [1.82, 2.24) is 24.0 Å². The number of ether oxygens (including phenoxy) is 1. The monoisotopic (exact) mass is 395 g/mol. The first-order chi connectivity index (χ1) is 13.7. The smallest absolute Gasteiger partial charge is 0.323 e. The van der Waals surface area contributed by atoms with E-state index in [1.807, 2.05) is 30.3 Å². The number of rotatable bonds is 3. The van der Waals surface area contributed by atoms with Gasteiger partial charge in [-0.3, -0.25) is 5.32 Å². The fourth-order valence-corrected chi connectivity index (χ4v) is 3.80. The fraction of sp³-hybridized carbons (Fsp3) is 0.278.